The van der Waals surface area contributed by atoms with E-state index in [0.29, 0.717) is 12.5 Å². The highest BCUT2D eigenvalue weighted by atomic mass is 32.2. The van der Waals surface area contributed by atoms with Gasteiger partial charge in [-0.1, -0.05) is 25.6 Å². The molecule has 1 aromatic rings. The first-order chi connectivity index (χ1) is 9.10. The van der Waals surface area contributed by atoms with Crippen LogP contribution >= 0.6 is 11.8 Å². The van der Waals surface area contributed by atoms with Gasteiger partial charge < -0.3 is 15.4 Å². The zero-order valence-electron chi connectivity index (χ0n) is 12.4. The molecule has 6 heteroatoms. The lowest BCUT2D eigenvalue weighted by molar-refractivity contribution is 0.126. The van der Waals surface area contributed by atoms with Gasteiger partial charge in [-0.15, -0.1) is 0 Å². The van der Waals surface area contributed by atoms with Crippen LogP contribution in [0.1, 0.15) is 20.8 Å². The van der Waals surface area contributed by atoms with Crippen LogP contribution in [0.15, 0.2) is 11.2 Å². The van der Waals surface area contributed by atoms with E-state index in [1.54, 1.807) is 0 Å². The topological polar surface area (TPSA) is 59.1 Å². The average molecular weight is 284 g/mol. The van der Waals surface area contributed by atoms with E-state index in [1.165, 1.54) is 11.8 Å². The summed E-state index contributed by atoms with van der Waals surface area (Å²) in [5, 5.41) is 7.24. The number of rotatable bonds is 8. The summed E-state index contributed by atoms with van der Waals surface area (Å²) in [6.45, 7) is 7.76. The Balaban J connectivity index is 2.82. The standard InChI is InChI=1S/C13H24N4OS/c1-6-18-8-10(9(2)3)15-12-7-11(14-4)16-13(17-12)19-5/h7,9-10H,6,8H2,1-5H3,(H2,14,15,16,17). The molecule has 108 valence electrons. The summed E-state index contributed by atoms with van der Waals surface area (Å²) < 4.78 is 5.52. The van der Waals surface area contributed by atoms with E-state index < -0.39 is 0 Å². The van der Waals surface area contributed by atoms with Gasteiger partial charge in [0.25, 0.3) is 0 Å². The molecule has 0 aliphatic rings. The van der Waals surface area contributed by atoms with Gasteiger partial charge in [0.1, 0.15) is 11.6 Å². The molecule has 0 saturated carbocycles. The van der Waals surface area contributed by atoms with Crippen LogP contribution in [0, 0.1) is 5.92 Å². The molecule has 19 heavy (non-hydrogen) atoms. The molecule has 1 aromatic heterocycles. The fourth-order valence-electron chi connectivity index (χ4n) is 1.55. The maximum atomic E-state index is 5.52. The third-order valence-corrected chi connectivity index (χ3v) is 3.33. The van der Waals surface area contributed by atoms with Gasteiger partial charge in [-0.25, -0.2) is 9.97 Å². The summed E-state index contributed by atoms with van der Waals surface area (Å²) in [7, 11) is 1.86. The van der Waals surface area contributed by atoms with Crippen molar-refractivity contribution in [3.8, 4) is 0 Å². The summed E-state index contributed by atoms with van der Waals surface area (Å²) in [6.07, 6.45) is 1.97. The highest BCUT2D eigenvalue weighted by Crippen LogP contribution is 2.19. The van der Waals surface area contributed by atoms with Crippen molar-refractivity contribution in [2.75, 3.05) is 37.2 Å². The lowest BCUT2D eigenvalue weighted by Crippen LogP contribution is -2.31. The molecule has 0 spiro atoms. The second kappa shape index (κ2) is 8.22. The largest absolute Gasteiger partial charge is 0.380 e. The van der Waals surface area contributed by atoms with Gasteiger partial charge >= 0.3 is 0 Å². The minimum atomic E-state index is 0.245. The van der Waals surface area contributed by atoms with Crippen molar-refractivity contribution in [2.24, 2.45) is 5.92 Å². The van der Waals surface area contributed by atoms with E-state index >= 15 is 0 Å². The predicted octanol–water partition coefficient (Wildman–Crippen LogP) is 2.71. The van der Waals surface area contributed by atoms with E-state index in [-0.39, 0.29) is 6.04 Å². The van der Waals surface area contributed by atoms with Crippen LogP contribution in [0.5, 0.6) is 0 Å². The monoisotopic (exact) mass is 284 g/mol. The summed E-state index contributed by atoms with van der Waals surface area (Å²) >= 11 is 1.53. The average Bonchev–Trinajstić information content (AvgIpc) is 2.42. The summed E-state index contributed by atoms with van der Waals surface area (Å²) in [6, 6.07) is 2.16. The molecule has 0 saturated heterocycles. The SMILES string of the molecule is CCOCC(Nc1cc(NC)nc(SC)n1)C(C)C. The molecule has 0 aliphatic heterocycles. The molecule has 0 aliphatic carbocycles. The third kappa shape index (κ3) is 5.24. The van der Waals surface area contributed by atoms with Gasteiger partial charge in [-0.2, -0.15) is 0 Å². The minimum Gasteiger partial charge on any atom is -0.380 e. The maximum absolute atomic E-state index is 5.52. The van der Waals surface area contributed by atoms with Gasteiger partial charge in [0.15, 0.2) is 5.16 Å². The van der Waals surface area contributed by atoms with Crippen LogP contribution < -0.4 is 10.6 Å². The van der Waals surface area contributed by atoms with Crippen molar-refractivity contribution in [1.29, 1.82) is 0 Å². The molecule has 0 fully saturated rings. The molecule has 5 nitrogen and oxygen atoms in total. The van der Waals surface area contributed by atoms with Gasteiger partial charge in [0.05, 0.1) is 12.6 Å². The van der Waals surface area contributed by atoms with Gasteiger partial charge in [0, 0.05) is 19.7 Å². The van der Waals surface area contributed by atoms with Gasteiger partial charge in [-0.05, 0) is 19.1 Å². The third-order valence-electron chi connectivity index (χ3n) is 2.78. The quantitative estimate of drug-likeness (QED) is 0.565. The number of ether oxygens (including phenoxy) is 1. The number of nitrogens with one attached hydrogen (secondary N) is 2. The highest BCUT2D eigenvalue weighted by molar-refractivity contribution is 7.98. The Hall–Kier alpha value is -1.01. The molecule has 0 radical (unpaired) electrons. The summed E-state index contributed by atoms with van der Waals surface area (Å²) in [5.74, 6) is 2.13. The normalized spacial score (nSPS) is 12.5. The van der Waals surface area contributed by atoms with Crippen LogP contribution in [-0.4, -0.2) is 42.5 Å². The van der Waals surface area contributed by atoms with Crippen molar-refractivity contribution in [3.63, 3.8) is 0 Å². The van der Waals surface area contributed by atoms with Crippen molar-refractivity contribution in [3.05, 3.63) is 6.07 Å². The summed E-state index contributed by atoms with van der Waals surface area (Å²) in [4.78, 5) is 8.83. The van der Waals surface area contributed by atoms with Crippen LogP contribution in [0.25, 0.3) is 0 Å². The first kappa shape index (κ1) is 16.0. The smallest absolute Gasteiger partial charge is 0.191 e. The fourth-order valence-corrected chi connectivity index (χ4v) is 1.93. The van der Waals surface area contributed by atoms with E-state index in [2.05, 4.69) is 34.4 Å². The second-order valence-corrected chi connectivity index (χ2v) is 5.30. The molecular weight excluding hydrogens is 260 g/mol. The minimum absolute atomic E-state index is 0.245. The number of nitrogens with zero attached hydrogens (tertiary/aromatic N) is 2. The van der Waals surface area contributed by atoms with E-state index in [0.717, 1.165) is 23.4 Å². The Labute approximate surface area is 119 Å². The number of hydrogen-bond acceptors (Lipinski definition) is 6. The Morgan fingerprint density at radius 3 is 2.53 bits per heavy atom. The lowest BCUT2D eigenvalue weighted by Gasteiger charge is -2.23. The maximum Gasteiger partial charge on any atom is 0.191 e. The lowest BCUT2D eigenvalue weighted by atomic mass is 10.1. The molecule has 0 amide bonds. The molecule has 2 N–H and O–H groups in total. The van der Waals surface area contributed by atoms with Crippen molar-refractivity contribution in [2.45, 2.75) is 32.0 Å². The number of aromatic nitrogens is 2. The number of thioether (sulfide) groups is 1. The second-order valence-electron chi connectivity index (χ2n) is 4.53. The van der Waals surface area contributed by atoms with Gasteiger partial charge in [0.2, 0.25) is 0 Å². The van der Waals surface area contributed by atoms with Crippen molar-refractivity contribution < 1.29 is 4.74 Å². The molecule has 0 aromatic carbocycles. The first-order valence-electron chi connectivity index (χ1n) is 6.55. The van der Waals surface area contributed by atoms with E-state index in [1.807, 2.05) is 26.3 Å². The Kier molecular flexibility index (Phi) is 6.94. The first-order valence-corrected chi connectivity index (χ1v) is 7.78. The van der Waals surface area contributed by atoms with Crippen LogP contribution in [0.2, 0.25) is 0 Å². The van der Waals surface area contributed by atoms with Crippen molar-refractivity contribution in [1.82, 2.24) is 9.97 Å². The number of hydrogen-bond donors (Lipinski definition) is 2. The van der Waals surface area contributed by atoms with Crippen LogP contribution in [-0.2, 0) is 4.74 Å². The molecule has 0 bridgehead atoms. The Morgan fingerprint density at radius 2 is 2.00 bits per heavy atom. The van der Waals surface area contributed by atoms with Crippen LogP contribution in [0.4, 0.5) is 11.6 Å². The zero-order valence-corrected chi connectivity index (χ0v) is 13.2. The zero-order chi connectivity index (χ0) is 14.3. The highest BCUT2D eigenvalue weighted by Gasteiger charge is 2.15. The summed E-state index contributed by atoms with van der Waals surface area (Å²) in [5.41, 5.74) is 0. The predicted molar refractivity (Wildman–Crippen MR) is 82.1 cm³/mol. The molecule has 1 atom stereocenters. The molecular formula is C13H24N4OS. The van der Waals surface area contributed by atoms with E-state index in [9.17, 15) is 0 Å². The molecule has 1 heterocycles. The number of anilines is 2. The van der Waals surface area contributed by atoms with Crippen molar-refractivity contribution >= 4 is 23.4 Å². The molecule has 1 rings (SSSR count). The fraction of sp³-hybridized carbons (Fsp3) is 0.692. The van der Waals surface area contributed by atoms with Crippen LogP contribution in [0.3, 0.4) is 0 Å². The Bertz CT molecular complexity index is 365. The Morgan fingerprint density at radius 1 is 1.32 bits per heavy atom. The molecule has 1 unspecified atom stereocenters. The van der Waals surface area contributed by atoms with E-state index in [4.69, 9.17) is 4.74 Å². The van der Waals surface area contributed by atoms with Gasteiger partial charge in [-0.3, -0.25) is 0 Å².